The molecule has 0 saturated carbocycles. The van der Waals surface area contributed by atoms with Crippen LogP contribution in [-0.2, 0) is 0 Å². The molecule has 0 aromatic heterocycles. The van der Waals surface area contributed by atoms with Crippen LogP contribution in [0, 0.1) is 0 Å². The van der Waals surface area contributed by atoms with Gasteiger partial charge in [0.2, 0.25) is 0 Å². The zero-order chi connectivity index (χ0) is 6.97. The fraction of sp³-hybridized carbons (Fsp3) is 1.00. The second-order valence-corrected chi connectivity index (χ2v) is 4.84. The predicted octanol–water partition coefficient (Wildman–Crippen LogP) is 1.11. The molecule has 2 rings (SSSR count). The van der Waals surface area contributed by atoms with Gasteiger partial charge in [-0.15, -0.1) is 0 Å². The summed E-state index contributed by atoms with van der Waals surface area (Å²) in [7, 11) is 0. The van der Waals surface area contributed by atoms with Crippen LogP contribution in [0.1, 0.15) is 6.42 Å². The average Bonchev–Trinajstić information content (AvgIpc) is 2.48. The van der Waals surface area contributed by atoms with Crippen molar-refractivity contribution < 1.29 is 0 Å². The van der Waals surface area contributed by atoms with Crippen molar-refractivity contribution in [1.29, 1.82) is 0 Å². The molecule has 2 aliphatic rings. The van der Waals surface area contributed by atoms with Crippen molar-refractivity contribution in [2.24, 2.45) is 0 Å². The Hall–Kier alpha value is 0.660. The molecule has 0 aliphatic carbocycles. The molecule has 2 fully saturated rings. The summed E-state index contributed by atoms with van der Waals surface area (Å²) in [4.78, 5) is 2.59. The van der Waals surface area contributed by atoms with Crippen LogP contribution in [0.4, 0.5) is 0 Å². The Kier molecular flexibility index (Phi) is 2.16. The van der Waals surface area contributed by atoms with E-state index in [2.05, 4.69) is 29.3 Å². The van der Waals surface area contributed by atoms with Crippen LogP contribution < -0.4 is 0 Å². The van der Waals surface area contributed by atoms with Crippen molar-refractivity contribution in [3.05, 3.63) is 0 Å². The lowest BCUT2D eigenvalue weighted by atomic mass is 10.2. The maximum absolute atomic E-state index is 4.24. The summed E-state index contributed by atoms with van der Waals surface area (Å²) in [6, 6.07) is 0.905. The lowest BCUT2D eigenvalue weighted by Gasteiger charge is -2.25. The molecule has 3 heteroatoms. The largest absolute Gasteiger partial charge is 0.298 e. The first-order valence-corrected chi connectivity index (χ1v) is 5.55. The molecule has 0 spiro atoms. The van der Waals surface area contributed by atoms with E-state index in [0.717, 1.165) is 17.0 Å². The highest BCUT2D eigenvalue weighted by Gasteiger charge is 2.37. The van der Waals surface area contributed by atoms with Gasteiger partial charge in [-0.1, -0.05) is 0 Å². The number of thiol groups is 1. The number of likely N-dealkylation sites (tertiary alicyclic amines) is 1. The number of rotatable bonds is 2. The molecule has 0 aromatic rings. The maximum Gasteiger partial charge on any atom is 0.0198 e. The molecule has 0 amide bonds. The van der Waals surface area contributed by atoms with Crippen molar-refractivity contribution in [3.63, 3.8) is 0 Å². The summed E-state index contributed by atoms with van der Waals surface area (Å²) in [6.45, 7) is 2.53. The van der Waals surface area contributed by atoms with E-state index in [1.165, 1.54) is 25.3 Å². The van der Waals surface area contributed by atoms with E-state index in [0.29, 0.717) is 0 Å². The van der Waals surface area contributed by atoms with Gasteiger partial charge in [0.15, 0.2) is 0 Å². The Balaban J connectivity index is 1.90. The minimum absolute atomic E-state index is 0.905. The number of hydrogen-bond donors (Lipinski definition) is 1. The molecule has 10 heavy (non-hydrogen) atoms. The highest BCUT2D eigenvalue weighted by Crippen LogP contribution is 2.36. The molecule has 2 unspecified atom stereocenters. The van der Waals surface area contributed by atoms with Gasteiger partial charge in [0.1, 0.15) is 0 Å². The van der Waals surface area contributed by atoms with E-state index in [-0.39, 0.29) is 0 Å². The van der Waals surface area contributed by atoms with E-state index in [4.69, 9.17) is 0 Å². The maximum atomic E-state index is 4.24. The highest BCUT2D eigenvalue weighted by molar-refractivity contribution is 8.00. The van der Waals surface area contributed by atoms with Gasteiger partial charge in [-0.05, 0) is 6.42 Å². The van der Waals surface area contributed by atoms with Crippen LogP contribution in [-0.4, -0.2) is 40.8 Å². The molecule has 0 N–H and O–H groups in total. The smallest absolute Gasteiger partial charge is 0.0198 e. The summed E-state index contributed by atoms with van der Waals surface area (Å²) in [5, 5.41) is 0.963. The molecule has 2 aliphatic heterocycles. The standard InChI is InChI=1S/C7H13NS2/c9-2-1-8-4-7-3-6(8)5-10-7/h6-7,9H,1-5H2. The van der Waals surface area contributed by atoms with Gasteiger partial charge in [-0.3, -0.25) is 4.90 Å². The number of hydrogen-bond acceptors (Lipinski definition) is 3. The molecule has 58 valence electrons. The third-order valence-electron chi connectivity index (χ3n) is 2.40. The first-order chi connectivity index (χ1) is 4.90. The van der Waals surface area contributed by atoms with Gasteiger partial charge >= 0.3 is 0 Å². The van der Waals surface area contributed by atoms with Gasteiger partial charge < -0.3 is 0 Å². The Bertz CT molecular complexity index is 129. The van der Waals surface area contributed by atoms with E-state index < -0.39 is 0 Å². The van der Waals surface area contributed by atoms with E-state index >= 15 is 0 Å². The van der Waals surface area contributed by atoms with Crippen LogP contribution in [0.3, 0.4) is 0 Å². The second-order valence-electron chi connectivity index (χ2n) is 3.06. The zero-order valence-corrected chi connectivity index (χ0v) is 7.70. The summed E-state index contributed by atoms with van der Waals surface area (Å²) >= 11 is 6.40. The number of nitrogens with zero attached hydrogens (tertiary/aromatic N) is 1. The lowest BCUT2D eigenvalue weighted by molar-refractivity contribution is 0.287. The first-order valence-electron chi connectivity index (χ1n) is 3.86. The van der Waals surface area contributed by atoms with E-state index in [1.807, 2.05) is 0 Å². The molecule has 2 bridgehead atoms. The van der Waals surface area contributed by atoms with Crippen molar-refractivity contribution in [2.75, 3.05) is 24.6 Å². The van der Waals surface area contributed by atoms with Gasteiger partial charge in [0.25, 0.3) is 0 Å². The monoisotopic (exact) mass is 175 g/mol. The van der Waals surface area contributed by atoms with E-state index in [9.17, 15) is 0 Å². The predicted molar refractivity (Wildman–Crippen MR) is 50.1 cm³/mol. The van der Waals surface area contributed by atoms with Crippen LogP contribution in [0.2, 0.25) is 0 Å². The minimum Gasteiger partial charge on any atom is -0.298 e. The molecule has 0 radical (unpaired) electrons. The topological polar surface area (TPSA) is 3.24 Å². The summed E-state index contributed by atoms with van der Waals surface area (Å²) in [5.74, 6) is 2.40. The van der Waals surface area contributed by atoms with Crippen molar-refractivity contribution in [3.8, 4) is 0 Å². The average molecular weight is 175 g/mol. The van der Waals surface area contributed by atoms with Crippen LogP contribution >= 0.6 is 24.4 Å². The second kappa shape index (κ2) is 2.95. The fourth-order valence-corrected chi connectivity index (χ4v) is 3.63. The Morgan fingerprint density at radius 2 is 2.50 bits per heavy atom. The normalized spacial score (nSPS) is 39.3. The summed E-state index contributed by atoms with van der Waals surface area (Å²) in [5.41, 5.74) is 0. The van der Waals surface area contributed by atoms with Crippen LogP contribution in [0.25, 0.3) is 0 Å². The number of thioether (sulfide) groups is 1. The van der Waals surface area contributed by atoms with E-state index in [1.54, 1.807) is 0 Å². The number of fused-ring (bicyclic) bond motifs is 2. The quantitative estimate of drug-likeness (QED) is 0.626. The third kappa shape index (κ3) is 1.19. The van der Waals surface area contributed by atoms with Gasteiger partial charge in [0.05, 0.1) is 0 Å². The minimum atomic E-state index is 0.905. The summed E-state index contributed by atoms with van der Waals surface area (Å²) in [6.07, 6.45) is 1.44. The van der Waals surface area contributed by atoms with Gasteiger partial charge in [0, 0.05) is 35.9 Å². The first kappa shape index (κ1) is 7.32. The Morgan fingerprint density at radius 3 is 3.00 bits per heavy atom. The third-order valence-corrected chi connectivity index (χ3v) is 3.99. The SMILES string of the molecule is SCCN1CC2CC1CS2. The fourth-order valence-electron chi connectivity index (χ4n) is 1.88. The Labute approximate surface area is 72.0 Å². The van der Waals surface area contributed by atoms with Crippen molar-refractivity contribution >= 4 is 24.4 Å². The van der Waals surface area contributed by atoms with Crippen molar-refractivity contribution in [2.45, 2.75) is 17.7 Å². The van der Waals surface area contributed by atoms with Crippen LogP contribution in [0.15, 0.2) is 0 Å². The van der Waals surface area contributed by atoms with Crippen molar-refractivity contribution in [1.82, 2.24) is 4.90 Å². The molecule has 2 atom stereocenters. The Morgan fingerprint density at radius 1 is 1.60 bits per heavy atom. The molecule has 2 heterocycles. The van der Waals surface area contributed by atoms with Gasteiger partial charge in [-0.25, -0.2) is 0 Å². The zero-order valence-electron chi connectivity index (χ0n) is 5.99. The van der Waals surface area contributed by atoms with Crippen LogP contribution in [0.5, 0.6) is 0 Å². The molecule has 1 nitrogen and oxygen atoms in total. The molecule has 0 aromatic carbocycles. The molecule has 2 saturated heterocycles. The lowest BCUT2D eigenvalue weighted by Crippen LogP contribution is -2.35. The van der Waals surface area contributed by atoms with Gasteiger partial charge in [-0.2, -0.15) is 24.4 Å². The molecular weight excluding hydrogens is 162 g/mol. The highest BCUT2D eigenvalue weighted by atomic mass is 32.2. The molecular formula is C7H13NS2. The summed E-state index contributed by atoms with van der Waals surface area (Å²) < 4.78 is 0.